The van der Waals surface area contributed by atoms with Gasteiger partial charge in [-0.05, 0) is 86.2 Å². The van der Waals surface area contributed by atoms with Crippen LogP contribution in [0.5, 0.6) is 0 Å². The van der Waals surface area contributed by atoms with Crippen molar-refractivity contribution in [3.8, 4) is 22.3 Å². The molecule has 1 heterocycles. The Morgan fingerprint density at radius 1 is 0.510 bits per heavy atom. The fraction of sp³-hybridized carbons (Fsp3) is 0.234. The lowest BCUT2D eigenvalue weighted by Crippen LogP contribution is -2.21. The number of para-hydroxylation sites is 3. The molecule has 0 bridgehead atoms. The molecule has 0 saturated carbocycles. The number of benzene rings is 6. The largest absolute Gasteiger partial charge is 0.456 e. The van der Waals surface area contributed by atoms with Gasteiger partial charge in [-0.3, -0.25) is 0 Å². The van der Waals surface area contributed by atoms with Crippen molar-refractivity contribution in [3.05, 3.63) is 150 Å². The molecule has 6 aromatic carbocycles. The quantitative estimate of drug-likeness (QED) is 0.191. The Hall–Kier alpha value is -5.08. The van der Waals surface area contributed by atoms with Crippen molar-refractivity contribution in [3.63, 3.8) is 0 Å². The third-order valence-corrected chi connectivity index (χ3v) is 10.5. The van der Waals surface area contributed by atoms with Crippen LogP contribution in [-0.4, -0.2) is 0 Å². The van der Waals surface area contributed by atoms with E-state index < -0.39 is 0 Å². The Bertz CT molecular complexity index is 2380. The zero-order valence-electron chi connectivity index (χ0n) is 30.0. The van der Waals surface area contributed by atoms with Crippen LogP contribution >= 0.6 is 0 Å². The molecule has 0 aliphatic heterocycles. The molecule has 2 nitrogen and oxygen atoms in total. The zero-order valence-corrected chi connectivity index (χ0v) is 30.0. The van der Waals surface area contributed by atoms with Crippen LogP contribution in [0.2, 0.25) is 0 Å². The minimum atomic E-state index is -0.137. The first-order valence-corrected chi connectivity index (χ1v) is 17.5. The van der Waals surface area contributed by atoms with Gasteiger partial charge in [0.05, 0.1) is 5.69 Å². The molecule has 1 aromatic heterocycles. The first kappa shape index (κ1) is 31.2. The molecule has 1 aliphatic carbocycles. The van der Waals surface area contributed by atoms with Crippen molar-refractivity contribution in [1.29, 1.82) is 0 Å². The van der Waals surface area contributed by atoms with E-state index in [9.17, 15) is 0 Å². The highest BCUT2D eigenvalue weighted by atomic mass is 16.3. The van der Waals surface area contributed by atoms with Crippen molar-refractivity contribution >= 4 is 39.0 Å². The summed E-state index contributed by atoms with van der Waals surface area (Å²) in [5, 5.41) is 2.27. The lowest BCUT2D eigenvalue weighted by Gasteiger charge is -2.30. The van der Waals surface area contributed by atoms with E-state index in [-0.39, 0.29) is 16.2 Å². The molecule has 0 atom stereocenters. The highest BCUT2D eigenvalue weighted by Gasteiger charge is 2.41. The molecular formula is C47H45NO. The van der Waals surface area contributed by atoms with Crippen molar-refractivity contribution < 1.29 is 4.42 Å². The van der Waals surface area contributed by atoms with E-state index in [2.05, 4.69) is 176 Å². The maximum atomic E-state index is 6.40. The molecule has 1 aliphatic rings. The highest BCUT2D eigenvalue weighted by molar-refractivity contribution is 6.06. The van der Waals surface area contributed by atoms with E-state index in [0.717, 1.165) is 39.0 Å². The molecule has 2 heteroatoms. The molecule has 8 rings (SSSR count). The van der Waals surface area contributed by atoms with E-state index in [4.69, 9.17) is 4.42 Å². The second-order valence-electron chi connectivity index (χ2n) is 16.3. The summed E-state index contributed by atoms with van der Waals surface area (Å²) < 4.78 is 6.40. The maximum absolute atomic E-state index is 6.40. The molecule has 49 heavy (non-hydrogen) atoms. The first-order valence-electron chi connectivity index (χ1n) is 17.5. The van der Waals surface area contributed by atoms with Crippen LogP contribution in [0.15, 0.2) is 132 Å². The Labute approximate surface area is 291 Å². The molecule has 0 unspecified atom stereocenters. The van der Waals surface area contributed by atoms with Crippen molar-refractivity contribution in [2.45, 2.75) is 71.6 Å². The van der Waals surface area contributed by atoms with E-state index in [0.29, 0.717) is 0 Å². The fourth-order valence-electron chi connectivity index (χ4n) is 7.90. The number of fused-ring (bicyclic) bond motifs is 6. The number of rotatable bonds is 4. The third kappa shape index (κ3) is 5.00. The normalized spacial score (nSPS) is 13.9. The molecule has 244 valence electrons. The van der Waals surface area contributed by atoms with Crippen LogP contribution in [0.25, 0.3) is 44.2 Å². The molecule has 0 fully saturated rings. The minimum absolute atomic E-state index is 0.0340. The van der Waals surface area contributed by atoms with Crippen LogP contribution in [0.1, 0.15) is 77.6 Å². The molecule has 0 radical (unpaired) electrons. The predicted octanol–water partition coefficient (Wildman–Crippen LogP) is 13.6. The standard InChI is InChI=1S/C47H45NO/c1-45(2,3)30-27-38(46(4,5)6)44-39(28-30)47(7,8)37-22-16-21-36(43(37)44)33-19-12-14-23-40(33)48(31-17-10-9-11-18-31)32-25-26-35-34-20-13-15-24-41(34)49-42(35)29-32/h9-29H,1-8H3. The Kier molecular flexibility index (Phi) is 6.99. The maximum Gasteiger partial charge on any atom is 0.137 e. The molecular weight excluding hydrogens is 595 g/mol. The molecule has 0 N–H and O–H groups in total. The van der Waals surface area contributed by atoms with Crippen LogP contribution in [0.3, 0.4) is 0 Å². The van der Waals surface area contributed by atoms with Gasteiger partial charge in [-0.15, -0.1) is 0 Å². The molecule has 0 amide bonds. The summed E-state index contributed by atoms with van der Waals surface area (Å²) >= 11 is 0. The lowest BCUT2D eigenvalue weighted by molar-refractivity contribution is 0.564. The van der Waals surface area contributed by atoms with E-state index >= 15 is 0 Å². The second-order valence-corrected chi connectivity index (χ2v) is 16.3. The van der Waals surface area contributed by atoms with Gasteiger partial charge in [0.25, 0.3) is 0 Å². The SMILES string of the molecule is CC(C)(C)c1cc(C(C)(C)C)c2c(c1)C(C)(C)c1cccc(-c3ccccc3N(c3ccccc3)c3ccc4c(c3)oc3ccccc34)c1-2. The molecule has 0 saturated heterocycles. The van der Waals surface area contributed by atoms with Gasteiger partial charge in [-0.25, -0.2) is 0 Å². The predicted molar refractivity (Wildman–Crippen MR) is 209 cm³/mol. The summed E-state index contributed by atoms with van der Waals surface area (Å²) in [7, 11) is 0. The van der Waals surface area contributed by atoms with Crippen LogP contribution in [0, 0.1) is 0 Å². The van der Waals surface area contributed by atoms with E-state index in [1.54, 1.807) is 0 Å². The van der Waals surface area contributed by atoms with Gasteiger partial charge >= 0.3 is 0 Å². The number of furan rings is 1. The van der Waals surface area contributed by atoms with Gasteiger partial charge in [-0.2, -0.15) is 0 Å². The summed E-state index contributed by atoms with van der Waals surface area (Å²) in [4.78, 5) is 2.38. The Morgan fingerprint density at radius 2 is 1.18 bits per heavy atom. The first-order chi connectivity index (χ1) is 23.3. The zero-order chi connectivity index (χ0) is 34.3. The van der Waals surface area contributed by atoms with Crippen molar-refractivity contribution in [2.24, 2.45) is 0 Å². The monoisotopic (exact) mass is 639 g/mol. The number of hydrogen-bond acceptors (Lipinski definition) is 2. The Morgan fingerprint density at radius 3 is 1.94 bits per heavy atom. The van der Waals surface area contributed by atoms with Gasteiger partial charge in [0, 0.05) is 39.2 Å². The Balaban J connectivity index is 1.40. The smallest absolute Gasteiger partial charge is 0.137 e. The second kappa shape index (κ2) is 11.0. The fourth-order valence-corrected chi connectivity index (χ4v) is 7.90. The van der Waals surface area contributed by atoms with Crippen molar-refractivity contribution in [2.75, 3.05) is 4.90 Å². The highest BCUT2D eigenvalue weighted by Crippen LogP contribution is 2.57. The summed E-state index contributed by atoms with van der Waals surface area (Å²) in [5.41, 5.74) is 15.8. The van der Waals surface area contributed by atoms with Crippen LogP contribution < -0.4 is 4.90 Å². The number of hydrogen-bond donors (Lipinski definition) is 0. The minimum Gasteiger partial charge on any atom is -0.456 e. The average Bonchev–Trinajstić information content (AvgIpc) is 3.56. The number of anilines is 3. The van der Waals surface area contributed by atoms with Crippen LogP contribution in [-0.2, 0) is 16.2 Å². The van der Waals surface area contributed by atoms with E-state index in [1.807, 2.05) is 12.1 Å². The van der Waals surface area contributed by atoms with E-state index in [1.165, 1.54) is 44.5 Å². The van der Waals surface area contributed by atoms with Gasteiger partial charge in [0.1, 0.15) is 11.2 Å². The van der Waals surface area contributed by atoms with Crippen LogP contribution in [0.4, 0.5) is 17.1 Å². The molecule has 7 aromatic rings. The summed E-state index contributed by atoms with van der Waals surface area (Å²) in [6.07, 6.45) is 0. The molecule has 0 spiro atoms. The van der Waals surface area contributed by atoms with Gasteiger partial charge < -0.3 is 9.32 Å². The average molecular weight is 640 g/mol. The topological polar surface area (TPSA) is 16.4 Å². The third-order valence-electron chi connectivity index (χ3n) is 10.5. The summed E-state index contributed by atoms with van der Waals surface area (Å²) in [6.45, 7) is 18.9. The lowest BCUT2D eigenvalue weighted by atomic mass is 9.74. The van der Waals surface area contributed by atoms with Gasteiger partial charge in [0.15, 0.2) is 0 Å². The number of nitrogens with zero attached hydrogens (tertiary/aromatic N) is 1. The van der Waals surface area contributed by atoms with Gasteiger partial charge in [0.2, 0.25) is 0 Å². The summed E-state index contributed by atoms with van der Waals surface area (Å²) in [5.74, 6) is 0. The summed E-state index contributed by atoms with van der Waals surface area (Å²) in [6, 6.07) is 46.5. The van der Waals surface area contributed by atoms with Crippen molar-refractivity contribution in [1.82, 2.24) is 0 Å². The van der Waals surface area contributed by atoms with Gasteiger partial charge in [-0.1, -0.05) is 140 Å².